The van der Waals surface area contributed by atoms with E-state index in [0.717, 1.165) is 25.7 Å². The Bertz CT molecular complexity index is 1030. The van der Waals surface area contributed by atoms with E-state index in [4.69, 9.17) is 11.1 Å². The first-order valence-electron chi connectivity index (χ1n) is 11.9. The van der Waals surface area contributed by atoms with Crippen LogP contribution in [0.5, 0.6) is 0 Å². The summed E-state index contributed by atoms with van der Waals surface area (Å²) in [5.74, 6) is -0.669. The largest absolute Gasteiger partial charge is 0.853 e. The van der Waals surface area contributed by atoms with Crippen LogP contribution in [0.15, 0.2) is 48.5 Å². The number of nitrogens with two attached hydrogens (primary N) is 1. The highest BCUT2D eigenvalue weighted by atomic mass is 16.3. The molecule has 186 valence electrons. The number of nitrogen functional groups attached to an aromatic ring is 1. The number of carbonyl (C=O) groups is 3. The standard InChI is InChI=1S/C26H32N5O4/c27-25(28)18-6-8-20(9-7-18)29-23(33)14-15-24(34)31(16-17-32)22-12-10-21(11-13-22)30-26(35)19-4-2-1-3-5-19/h6-13,19H,1-5,14-17H2,(H3,27,28)(H,29,33)(H,30,35)/q-1. The van der Waals surface area contributed by atoms with E-state index in [-0.39, 0.29) is 48.9 Å². The molecule has 1 aliphatic rings. The molecule has 0 aliphatic heterocycles. The summed E-state index contributed by atoms with van der Waals surface area (Å²) in [4.78, 5) is 38.9. The number of nitrogens with zero attached hydrogens (tertiary/aromatic N) is 1. The summed E-state index contributed by atoms with van der Waals surface area (Å²) in [6, 6.07) is 13.3. The predicted octanol–water partition coefficient (Wildman–Crippen LogP) is 2.60. The van der Waals surface area contributed by atoms with Crippen molar-refractivity contribution in [3.8, 4) is 0 Å². The summed E-state index contributed by atoms with van der Waals surface area (Å²) in [6.45, 7) is -0.485. The second-order valence-corrected chi connectivity index (χ2v) is 8.66. The van der Waals surface area contributed by atoms with Gasteiger partial charge in [0, 0.05) is 47.9 Å². The third kappa shape index (κ3) is 7.65. The van der Waals surface area contributed by atoms with Gasteiger partial charge < -0.3 is 26.4 Å². The van der Waals surface area contributed by atoms with Crippen LogP contribution in [0.2, 0.25) is 0 Å². The number of rotatable bonds is 10. The molecule has 0 aromatic heterocycles. The first kappa shape index (κ1) is 25.9. The van der Waals surface area contributed by atoms with Crippen LogP contribution in [0.4, 0.5) is 17.1 Å². The van der Waals surface area contributed by atoms with Crippen LogP contribution < -0.4 is 26.4 Å². The number of hydrogen-bond acceptors (Lipinski definition) is 5. The third-order valence-electron chi connectivity index (χ3n) is 6.08. The molecule has 1 saturated carbocycles. The third-order valence-corrected chi connectivity index (χ3v) is 6.08. The minimum atomic E-state index is -0.472. The Morgan fingerprint density at radius 1 is 0.914 bits per heavy atom. The molecular formula is C26H32N5O4-. The van der Waals surface area contributed by atoms with Crippen LogP contribution in [0.3, 0.4) is 0 Å². The fraction of sp³-hybridized carbons (Fsp3) is 0.385. The molecule has 0 unspecified atom stereocenters. The van der Waals surface area contributed by atoms with Gasteiger partial charge in [0.05, 0.1) is 0 Å². The topological polar surface area (TPSA) is 151 Å². The Morgan fingerprint density at radius 2 is 1.51 bits per heavy atom. The van der Waals surface area contributed by atoms with Crippen molar-refractivity contribution in [2.24, 2.45) is 11.7 Å². The summed E-state index contributed by atoms with van der Waals surface area (Å²) in [7, 11) is 0. The van der Waals surface area contributed by atoms with Gasteiger partial charge in [-0.15, -0.1) is 6.61 Å². The van der Waals surface area contributed by atoms with E-state index in [1.165, 1.54) is 11.3 Å². The van der Waals surface area contributed by atoms with Crippen molar-refractivity contribution >= 4 is 40.6 Å². The van der Waals surface area contributed by atoms with Gasteiger partial charge in [-0.25, -0.2) is 0 Å². The molecule has 3 amide bonds. The molecule has 3 rings (SSSR count). The number of carbonyl (C=O) groups excluding carboxylic acids is 3. The van der Waals surface area contributed by atoms with Crippen molar-refractivity contribution in [1.82, 2.24) is 0 Å². The Kier molecular flexibility index (Phi) is 9.37. The van der Waals surface area contributed by atoms with Crippen molar-refractivity contribution in [1.29, 1.82) is 5.41 Å². The van der Waals surface area contributed by atoms with Gasteiger partial charge in [-0.05, 0) is 61.4 Å². The zero-order chi connectivity index (χ0) is 25.2. The maximum atomic E-state index is 12.8. The number of benzene rings is 2. The van der Waals surface area contributed by atoms with Crippen LogP contribution in [-0.4, -0.2) is 36.7 Å². The second kappa shape index (κ2) is 12.7. The summed E-state index contributed by atoms with van der Waals surface area (Å²) >= 11 is 0. The highest BCUT2D eigenvalue weighted by Crippen LogP contribution is 2.26. The van der Waals surface area contributed by atoms with Crippen LogP contribution in [0.25, 0.3) is 0 Å². The minimum Gasteiger partial charge on any atom is -0.853 e. The Balaban J connectivity index is 1.53. The average molecular weight is 479 g/mol. The van der Waals surface area contributed by atoms with E-state index < -0.39 is 6.61 Å². The van der Waals surface area contributed by atoms with Crippen molar-refractivity contribution < 1.29 is 19.5 Å². The Hall–Kier alpha value is -3.72. The normalized spacial score (nSPS) is 13.6. The van der Waals surface area contributed by atoms with Gasteiger partial charge in [-0.1, -0.05) is 19.3 Å². The molecular weight excluding hydrogens is 446 g/mol. The van der Waals surface area contributed by atoms with E-state index in [1.54, 1.807) is 48.5 Å². The fourth-order valence-electron chi connectivity index (χ4n) is 4.13. The maximum absolute atomic E-state index is 12.8. The molecule has 0 bridgehead atoms. The second-order valence-electron chi connectivity index (χ2n) is 8.66. The van der Waals surface area contributed by atoms with E-state index in [0.29, 0.717) is 22.6 Å². The number of nitrogens with one attached hydrogen (secondary N) is 3. The van der Waals surface area contributed by atoms with E-state index in [2.05, 4.69) is 10.6 Å². The molecule has 0 spiro atoms. The first-order valence-corrected chi connectivity index (χ1v) is 11.9. The van der Waals surface area contributed by atoms with Gasteiger partial charge >= 0.3 is 0 Å². The Morgan fingerprint density at radius 3 is 2.11 bits per heavy atom. The predicted molar refractivity (Wildman–Crippen MR) is 134 cm³/mol. The molecule has 2 aromatic rings. The fourth-order valence-corrected chi connectivity index (χ4v) is 4.13. The smallest absolute Gasteiger partial charge is 0.227 e. The average Bonchev–Trinajstić information content (AvgIpc) is 2.87. The van der Waals surface area contributed by atoms with E-state index in [1.807, 2.05) is 0 Å². The number of anilines is 3. The molecule has 2 aromatic carbocycles. The highest BCUT2D eigenvalue weighted by molar-refractivity contribution is 5.99. The van der Waals surface area contributed by atoms with Crippen molar-refractivity contribution in [3.05, 3.63) is 54.1 Å². The molecule has 9 nitrogen and oxygen atoms in total. The molecule has 9 heteroatoms. The molecule has 1 aliphatic carbocycles. The lowest BCUT2D eigenvalue weighted by Crippen LogP contribution is -2.36. The summed E-state index contributed by atoms with van der Waals surface area (Å²) < 4.78 is 0. The van der Waals surface area contributed by atoms with Crippen LogP contribution in [-0.2, 0) is 14.4 Å². The van der Waals surface area contributed by atoms with Crippen molar-refractivity contribution in [2.45, 2.75) is 44.9 Å². The lowest BCUT2D eigenvalue weighted by molar-refractivity contribution is -0.363. The van der Waals surface area contributed by atoms with Gasteiger partial charge in [0.25, 0.3) is 0 Å². The summed E-state index contributed by atoms with van der Waals surface area (Å²) in [5.41, 5.74) is 7.69. The number of amides is 3. The van der Waals surface area contributed by atoms with E-state index in [9.17, 15) is 19.5 Å². The maximum Gasteiger partial charge on any atom is 0.227 e. The lowest BCUT2D eigenvalue weighted by Gasteiger charge is -2.25. The molecule has 5 N–H and O–H groups in total. The quantitative estimate of drug-likeness (QED) is 0.306. The Labute approximate surface area is 205 Å². The van der Waals surface area contributed by atoms with Crippen LogP contribution in [0, 0.1) is 11.3 Å². The zero-order valence-corrected chi connectivity index (χ0v) is 19.7. The van der Waals surface area contributed by atoms with Gasteiger partial charge in [0.2, 0.25) is 17.7 Å². The molecule has 0 radical (unpaired) electrons. The van der Waals surface area contributed by atoms with Crippen molar-refractivity contribution in [2.75, 3.05) is 28.7 Å². The number of amidine groups is 1. The summed E-state index contributed by atoms with van der Waals surface area (Å²) in [5, 5.41) is 24.3. The van der Waals surface area contributed by atoms with Gasteiger partial charge in [0.15, 0.2) is 0 Å². The first-order chi connectivity index (χ1) is 16.9. The molecule has 0 atom stereocenters. The highest BCUT2D eigenvalue weighted by Gasteiger charge is 2.21. The molecule has 1 fully saturated rings. The zero-order valence-electron chi connectivity index (χ0n) is 19.7. The summed E-state index contributed by atoms with van der Waals surface area (Å²) in [6.07, 6.45) is 5.05. The van der Waals surface area contributed by atoms with E-state index >= 15 is 0 Å². The monoisotopic (exact) mass is 478 g/mol. The molecule has 0 heterocycles. The van der Waals surface area contributed by atoms with Crippen LogP contribution in [0.1, 0.15) is 50.5 Å². The van der Waals surface area contributed by atoms with Gasteiger partial charge in [0.1, 0.15) is 5.84 Å². The minimum absolute atomic E-state index is 0.0132. The lowest BCUT2D eigenvalue weighted by atomic mass is 9.88. The van der Waals surface area contributed by atoms with Crippen molar-refractivity contribution in [3.63, 3.8) is 0 Å². The SMILES string of the molecule is N=C(N)c1ccc(NC(=O)CCC(=O)N(CC[O-])c2ccc(NC(=O)C3CCCCC3)cc2)cc1. The van der Waals surface area contributed by atoms with Crippen LogP contribution >= 0.6 is 0 Å². The van der Waals surface area contributed by atoms with Gasteiger partial charge in [-0.3, -0.25) is 19.8 Å². The molecule has 0 saturated heterocycles. The number of hydrogen-bond donors (Lipinski definition) is 4. The molecule has 35 heavy (non-hydrogen) atoms. The van der Waals surface area contributed by atoms with Gasteiger partial charge in [-0.2, -0.15) is 0 Å².